The number of hydrogen-bond acceptors (Lipinski definition) is 3. The summed E-state index contributed by atoms with van der Waals surface area (Å²) in [5, 5.41) is 0.420. The minimum absolute atomic E-state index is 0.154. The van der Waals surface area contributed by atoms with Crippen molar-refractivity contribution in [3.8, 4) is 5.75 Å². The Hall–Kier alpha value is -2.59. The van der Waals surface area contributed by atoms with Crippen molar-refractivity contribution < 1.29 is 4.74 Å². The van der Waals surface area contributed by atoms with E-state index in [4.69, 9.17) is 16.3 Å². The van der Waals surface area contributed by atoms with Crippen molar-refractivity contribution in [2.45, 2.75) is 27.2 Å². The molecule has 3 aromatic rings. The number of ether oxygens (including phenoxy) is 1. The lowest BCUT2D eigenvalue weighted by Gasteiger charge is -2.08. The normalized spacial score (nSPS) is 12.0. The zero-order valence-electron chi connectivity index (χ0n) is 15.8. The van der Waals surface area contributed by atoms with Gasteiger partial charge in [-0.1, -0.05) is 43.6 Å². The summed E-state index contributed by atoms with van der Waals surface area (Å²) < 4.78 is 7.25. The molecule has 0 saturated carbocycles. The van der Waals surface area contributed by atoms with Crippen molar-refractivity contribution in [2.24, 2.45) is 5.92 Å². The first kappa shape index (κ1) is 19.2. The highest BCUT2D eigenvalue weighted by molar-refractivity contribution is 6.51. The topological polar surface area (TPSA) is 43.6 Å². The van der Waals surface area contributed by atoms with Gasteiger partial charge in [-0.05, 0) is 54.7 Å². The van der Waals surface area contributed by atoms with E-state index >= 15 is 0 Å². The van der Waals surface area contributed by atoms with E-state index in [1.807, 2.05) is 43.3 Å². The predicted molar refractivity (Wildman–Crippen MR) is 111 cm³/mol. The molecule has 0 aliphatic carbocycles. The fourth-order valence-corrected chi connectivity index (χ4v) is 2.85. The first-order valence-corrected chi connectivity index (χ1v) is 9.40. The fourth-order valence-electron chi connectivity index (χ4n) is 2.62. The van der Waals surface area contributed by atoms with Crippen molar-refractivity contribution in [2.75, 3.05) is 6.61 Å². The molecule has 0 bridgehead atoms. The maximum absolute atomic E-state index is 12.3. The number of fused-ring (bicyclic) bond motifs is 1. The largest absolute Gasteiger partial charge is 0.494 e. The number of aryl methyl sites for hydroxylation is 1. The van der Waals surface area contributed by atoms with Crippen LogP contribution >= 0.6 is 11.6 Å². The molecular weight excluding hydrogens is 360 g/mol. The molecule has 0 fully saturated rings. The van der Waals surface area contributed by atoms with Gasteiger partial charge in [-0.3, -0.25) is 9.20 Å². The number of hydrogen-bond donors (Lipinski definition) is 0. The lowest BCUT2D eigenvalue weighted by atomic mass is 10.1. The summed E-state index contributed by atoms with van der Waals surface area (Å²) in [6.45, 7) is 6.99. The molecule has 0 spiro atoms. The third kappa shape index (κ3) is 4.98. The quantitative estimate of drug-likeness (QED) is 0.591. The Bertz CT molecular complexity index is 1020. The van der Waals surface area contributed by atoms with E-state index in [1.54, 1.807) is 12.3 Å². The third-order valence-electron chi connectivity index (χ3n) is 4.19. The van der Waals surface area contributed by atoms with E-state index in [2.05, 4.69) is 18.8 Å². The number of rotatable bonds is 6. The maximum atomic E-state index is 12.3. The van der Waals surface area contributed by atoms with Crippen LogP contribution in [0.1, 0.15) is 37.1 Å². The molecule has 4 nitrogen and oxygen atoms in total. The van der Waals surface area contributed by atoms with Gasteiger partial charge in [0, 0.05) is 12.3 Å². The van der Waals surface area contributed by atoms with Crippen LogP contribution in [0.2, 0.25) is 0 Å². The molecule has 0 atom stereocenters. The van der Waals surface area contributed by atoms with Gasteiger partial charge in [-0.25, -0.2) is 4.98 Å². The van der Waals surface area contributed by atoms with Crippen LogP contribution in [0.4, 0.5) is 0 Å². The summed E-state index contributed by atoms with van der Waals surface area (Å²) in [5.41, 5.74) is 2.80. The number of nitrogens with zero attached hydrogens (tertiary/aromatic N) is 2. The van der Waals surface area contributed by atoms with Crippen LogP contribution in [0.15, 0.2) is 53.5 Å². The number of aromatic nitrogens is 2. The van der Waals surface area contributed by atoms with Crippen LogP contribution in [0.25, 0.3) is 16.8 Å². The number of benzene rings is 1. The Kier molecular flexibility index (Phi) is 5.97. The lowest BCUT2D eigenvalue weighted by molar-refractivity contribution is 0.289. The molecule has 0 saturated heterocycles. The van der Waals surface area contributed by atoms with Gasteiger partial charge < -0.3 is 4.74 Å². The second-order valence-electron chi connectivity index (χ2n) is 7.01. The smallest absolute Gasteiger partial charge is 0.258 e. The second-order valence-corrected chi connectivity index (χ2v) is 7.41. The van der Waals surface area contributed by atoms with Crippen LogP contribution in [-0.4, -0.2) is 16.0 Å². The van der Waals surface area contributed by atoms with Gasteiger partial charge in [0.25, 0.3) is 5.56 Å². The molecule has 0 radical (unpaired) electrons. The molecule has 0 aliphatic rings. The summed E-state index contributed by atoms with van der Waals surface area (Å²) in [6, 6.07) is 12.9. The Morgan fingerprint density at radius 1 is 1.22 bits per heavy atom. The van der Waals surface area contributed by atoms with Gasteiger partial charge >= 0.3 is 0 Å². The third-order valence-corrected chi connectivity index (χ3v) is 4.49. The van der Waals surface area contributed by atoms with Crippen molar-refractivity contribution in [3.63, 3.8) is 0 Å². The zero-order chi connectivity index (χ0) is 19.4. The molecule has 140 valence electrons. The monoisotopic (exact) mass is 382 g/mol. The second kappa shape index (κ2) is 8.40. The van der Waals surface area contributed by atoms with E-state index < -0.39 is 0 Å². The van der Waals surface area contributed by atoms with E-state index in [0.29, 0.717) is 28.9 Å². The van der Waals surface area contributed by atoms with Crippen molar-refractivity contribution in [3.05, 3.63) is 75.8 Å². The Balaban J connectivity index is 1.80. The predicted octanol–water partition coefficient (Wildman–Crippen LogP) is 5.16. The SMILES string of the molecule is Cc1ccc2nc(/C(Cl)=C/c3ccc(OCCC(C)C)cc3)cc(=O)n2c1. The first-order valence-electron chi connectivity index (χ1n) is 9.03. The fraction of sp³-hybridized carbons (Fsp3) is 0.273. The molecule has 5 heteroatoms. The maximum Gasteiger partial charge on any atom is 0.258 e. The Morgan fingerprint density at radius 3 is 2.67 bits per heavy atom. The number of halogens is 1. The molecule has 0 N–H and O–H groups in total. The minimum atomic E-state index is -0.154. The first-order chi connectivity index (χ1) is 12.9. The summed E-state index contributed by atoms with van der Waals surface area (Å²) in [4.78, 5) is 16.8. The molecular formula is C22H23ClN2O2. The van der Waals surface area contributed by atoms with E-state index in [1.165, 1.54) is 10.5 Å². The summed E-state index contributed by atoms with van der Waals surface area (Å²) in [6.07, 6.45) is 4.59. The van der Waals surface area contributed by atoms with Crippen LogP contribution in [0.3, 0.4) is 0 Å². The van der Waals surface area contributed by atoms with E-state index in [9.17, 15) is 4.79 Å². The molecule has 0 amide bonds. The van der Waals surface area contributed by atoms with Gasteiger partial charge in [0.1, 0.15) is 11.4 Å². The van der Waals surface area contributed by atoms with Gasteiger partial charge in [0.2, 0.25) is 0 Å². The van der Waals surface area contributed by atoms with E-state index in [-0.39, 0.29) is 5.56 Å². The molecule has 2 heterocycles. The van der Waals surface area contributed by atoms with Gasteiger partial charge in [-0.15, -0.1) is 0 Å². The van der Waals surface area contributed by atoms with Crippen molar-refractivity contribution >= 4 is 28.4 Å². The molecule has 0 unspecified atom stereocenters. The number of pyridine rings is 1. The molecule has 3 rings (SSSR count). The summed E-state index contributed by atoms with van der Waals surface area (Å²) >= 11 is 6.42. The standard InChI is InChI=1S/C22H23ClN2O2/c1-15(2)10-11-27-18-7-5-17(6-8-18)12-19(23)20-13-22(26)25-14-16(3)4-9-21(25)24-20/h4-9,12-15H,10-11H2,1-3H3/b19-12-. The highest BCUT2D eigenvalue weighted by atomic mass is 35.5. The molecule has 1 aromatic carbocycles. The van der Waals surface area contributed by atoms with Crippen LogP contribution < -0.4 is 10.3 Å². The Morgan fingerprint density at radius 2 is 1.96 bits per heavy atom. The Labute approximate surface area is 164 Å². The van der Waals surface area contributed by atoms with Crippen LogP contribution in [0, 0.1) is 12.8 Å². The average Bonchev–Trinajstić information content (AvgIpc) is 2.63. The highest BCUT2D eigenvalue weighted by Gasteiger charge is 2.06. The molecule has 27 heavy (non-hydrogen) atoms. The molecule has 0 aliphatic heterocycles. The van der Waals surface area contributed by atoms with Gasteiger partial charge in [0.15, 0.2) is 0 Å². The highest BCUT2D eigenvalue weighted by Crippen LogP contribution is 2.22. The van der Waals surface area contributed by atoms with Gasteiger partial charge in [0.05, 0.1) is 17.3 Å². The van der Waals surface area contributed by atoms with Crippen molar-refractivity contribution in [1.82, 2.24) is 9.38 Å². The summed E-state index contributed by atoms with van der Waals surface area (Å²) in [5.74, 6) is 1.45. The zero-order valence-corrected chi connectivity index (χ0v) is 16.5. The lowest BCUT2D eigenvalue weighted by Crippen LogP contribution is -2.15. The van der Waals surface area contributed by atoms with Crippen LogP contribution in [-0.2, 0) is 0 Å². The van der Waals surface area contributed by atoms with E-state index in [0.717, 1.165) is 23.3 Å². The van der Waals surface area contributed by atoms with Crippen LogP contribution in [0.5, 0.6) is 5.75 Å². The minimum Gasteiger partial charge on any atom is -0.494 e. The average molecular weight is 383 g/mol. The van der Waals surface area contributed by atoms with Gasteiger partial charge in [-0.2, -0.15) is 0 Å². The van der Waals surface area contributed by atoms with Crippen molar-refractivity contribution in [1.29, 1.82) is 0 Å². The summed E-state index contributed by atoms with van der Waals surface area (Å²) in [7, 11) is 0. The molecule has 2 aromatic heterocycles.